The molecule has 0 aliphatic carbocycles. The second-order valence-electron chi connectivity index (χ2n) is 4.95. The summed E-state index contributed by atoms with van der Waals surface area (Å²) in [6.45, 7) is 3.72. The Morgan fingerprint density at radius 3 is 2.95 bits per heavy atom. The number of carbonyl (C=O) groups excluding carboxylic acids is 1. The van der Waals surface area contributed by atoms with Gasteiger partial charge in [0.15, 0.2) is 0 Å². The highest BCUT2D eigenvalue weighted by molar-refractivity contribution is 7.11. The molecule has 4 heteroatoms. The average molecular weight is 286 g/mol. The maximum atomic E-state index is 12.2. The number of hydrogen-bond acceptors (Lipinski definition) is 3. The van der Waals surface area contributed by atoms with Gasteiger partial charge in [0, 0.05) is 27.5 Å². The van der Waals surface area contributed by atoms with Gasteiger partial charge in [-0.1, -0.05) is 6.92 Å². The predicted octanol–water partition coefficient (Wildman–Crippen LogP) is 3.21. The van der Waals surface area contributed by atoms with E-state index in [1.165, 1.54) is 15.3 Å². The molecule has 1 aromatic heterocycles. The molecule has 3 rings (SSSR count). The van der Waals surface area contributed by atoms with E-state index >= 15 is 0 Å². The normalized spacial score (nSPS) is 12.8. The SMILES string of the molecule is CCc1ccc(CNC(=O)c2ccc3c(c2)CCN3)s1. The molecular weight excluding hydrogens is 268 g/mol. The maximum Gasteiger partial charge on any atom is 0.251 e. The fourth-order valence-electron chi connectivity index (χ4n) is 2.42. The molecule has 1 aliphatic rings. The van der Waals surface area contributed by atoms with Crippen LogP contribution in [0.5, 0.6) is 0 Å². The third kappa shape index (κ3) is 2.70. The van der Waals surface area contributed by atoms with Crippen LogP contribution in [0.15, 0.2) is 30.3 Å². The lowest BCUT2D eigenvalue weighted by Crippen LogP contribution is -2.22. The van der Waals surface area contributed by atoms with Crippen molar-refractivity contribution in [2.75, 3.05) is 11.9 Å². The Balaban J connectivity index is 1.64. The zero-order valence-electron chi connectivity index (χ0n) is 11.5. The average Bonchev–Trinajstić information content (AvgIpc) is 3.12. The minimum Gasteiger partial charge on any atom is -0.384 e. The molecule has 0 radical (unpaired) electrons. The number of fused-ring (bicyclic) bond motifs is 1. The van der Waals surface area contributed by atoms with Crippen LogP contribution in [0.25, 0.3) is 0 Å². The van der Waals surface area contributed by atoms with Crippen LogP contribution in [0.1, 0.15) is 32.6 Å². The summed E-state index contributed by atoms with van der Waals surface area (Å²) in [6.07, 6.45) is 2.05. The van der Waals surface area contributed by atoms with Crippen molar-refractivity contribution in [1.82, 2.24) is 5.32 Å². The maximum absolute atomic E-state index is 12.2. The van der Waals surface area contributed by atoms with E-state index in [1.54, 1.807) is 11.3 Å². The molecular formula is C16H18N2OS. The second-order valence-corrected chi connectivity index (χ2v) is 6.21. The standard InChI is InChI=1S/C16H18N2OS/c1-2-13-4-5-14(20-13)10-18-16(19)12-3-6-15-11(9-12)7-8-17-15/h3-6,9,17H,2,7-8,10H2,1H3,(H,18,19). The van der Waals surface area contributed by atoms with E-state index in [2.05, 4.69) is 29.7 Å². The lowest BCUT2D eigenvalue weighted by Gasteiger charge is -2.06. The van der Waals surface area contributed by atoms with E-state index in [4.69, 9.17) is 0 Å². The fraction of sp³-hybridized carbons (Fsp3) is 0.312. The first kappa shape index (κ1) is 13.2. The zero-order valence-corrected chi connectivity index (χ0v) is 12.3. The first-order valence-corrected chi connectivity index (χ1v) is 7.80. The van der Waals surface area contributed by atoms with Crippen molar-refractivity contribution in [3.8, 4) is 0 Å². The van der Waals surface area contributed by atoms with E-state index in [9.17, 15) is 4.79 Å². The third-order valence-corrected chi connectivity index (χ3v) is 4.80. The number of hydrogen-bond donors (Lipinski definition) is 2. The topological polar surface area (TPSA) is 41.1 Å². The highest BCUT2D eigenvalue weighted by Gasteiger charge is 2.13. The Hall–Kier alpha value is -1.81. The molecule has 0 unspecified atom stereocenters. The van der Waals surface area contributed by atoms with Gasteiger partial charge in [0.25, 0.3) is 5.91 Å². The summed E-state index contributed by atoms with van der Waals surface area (Å²) >= 11 is 1.77. The molecule has 0 saturated heterocycles. The van der Waals surface area contributed by atoms with Gasteiger partial charge in [0.05, 0.1) is 6.54 Å². The van der Waals surface area contributed by atoms with Gasteiger partial charge in [-0.15, -0.1) is 11.3 Å². The Morgan fingerprint density at radius 1 is 1.30 bits per heavy atom. The van der Waals surface area contributed by atoms with E-state index in [0.29, 0.717) is 6.54 Å². The lowest BCUT2D eigenvalue weighted by molar-refractivity contribution is 0.0951. The van der Waals surface area contributed by atoms with Crippen LogP contribution < -0.4 is 10.6 Å². The van der Waals surface area contributed by atoms with Crippen LogP contribution in [0.4, 0.5) is 5.69 Å². The summed E-state index contributed by atoms with van der Waals surface area (Å²) in [6, 6.07) is 10.1. The molecule has 0 saturated carbocycles. The second kappa shape index (κ2) is 5.67. The van der Waals surface area contributed by atoms with Gasteiger partial charge < -0.3 is 10.6 Å². The van der Waals surface area contributed by atoms with Gasteiger partial charge in [-0.05, 0) is 48.7 Å². The number of benzene rings is 1. The first-order chi connectivity index (χ1) is 9.76. The molecule has 1 amide bonds. The molecule has 1 aromatic carbocycles. The number of amides is 1. The molecule has 2 N–H and O–H groups in total. The summed E-state index contributed by atoms with van der Waals surface area (Å²) in [5.74, 6) is 0.00569. The van der Waals surface area contributed by atoms with Gasteiger partial charge >= 0.3 is 0 Å². The fourth-order valence-corrected chi connectivity index (χ4v) is 3.32. The zero-order chi connectivity index (χ0) is 13.9. The highest BCUT2D eigenvalue weighted by Crippen LogP contribution is 2.23. The van der Waals surface area contributed by atoms with Crippen molar-refractivity contribution >= 4 is 22.9 Å². The van der Waals surface area contributed by atoms with E-state index in [-0.39, 0.29) is 5.91 Å². The molecule has 0 fully saturated rings. The van der Waals surface area contributed by atoms with Gasteiger partial charge in [-0.25, -0.2) is 0 Å². The van der Waals surface area contributed by atoms with Crippen molar-refractivity contribution in [2.24, 2.45) is 0 Å². The number of carbonyl (C=O) groups is 1. The molecule has 1 aliphatic heterocycles. The van der Waals surface area contributed by atoms with E-state index < -0.39 is 0 Å². The Morgan fingerprint density at radius 2 is 2.15 bits per heavy atom. The number of nitrogens with one attached hydrogen (secondary N) is 2. The molecule has 0 bridgehead atoms. The number of aryl methyl sites for hydroxylation is 1. The quantitative estimate of drug-likeness (QED) is 0.906. The van der Waals surface area contributed by atoms with Gasteiger partial charge in [-0.2, -0.15) is 0 Å². The minimum absolute atomic E-state index is 0.00569. The minimum atomic E-state index is 0.00569. The van der Waals surface area contributed by atoms with Crippen molar-refractivity contribution in [2.45, 2.75) is 26.3 Å². The van der Waals surface area contributed by atoms with Gasteiger partial charge in [0.1, 0.15) is 0 Å². The number of thiophene rings is 1. The largest absolute Gasteiger partial charge is 0.384 e. The predicted molar refractivity (Wildman–Crippen MR) is 83.5 cm³/mol. The Bertz CT molecular complexity index is 633. The number of rotatable bonds is 4. The van der Waals surface area contributed by atoms with Crippen LogP contribution in [0, 0.1) is 0 Å². The van der Waals surface area contributed by atoms with Crippen LogP contribution in [-0.2, 0) is 19.4 Å². The molecule has 2 aromatic rings. The third-order valence-electron chi connectivity index (χ3n) is 3.57. The molecule has 20 heavy (non-hydrogen) atoms. The van der Waals surface area contributed by atoms with Crippen LogP contribution in [0.3, 0.4) is 0 Å². The van der Waals surface area contributed by atoms with Crippen LogP contribution >= 0.6 is 11.3 Å². The van der Waals surface area contributed by atoms with Gasteiger partial charge in [-0.3, -0.25) is 4.79 Å². The Labute approximate surface area is 123 Å². The Kier molecular flexibility index (Phi) is 3.74. The smallest absolute Gasteiger partial charge is 0.251 e. The van der Waals surface area contributed by atoms with E-state index in [0.717, 1.165) is 30.6 Å². The summed E-state index contributed by atoms with van der Waals surface area (Å²) in [5.41, 5.74) is 3.15. The lowest BCUT2D eigenvalue weighted by atomic mass is 10.1. The summed E-state index contributed by atoms with van der Waals surface area (Å²) < 4.78 is 0. The summed E-state index contributed by atoms with van der Waals surface area (Å²) in [5, 5.41) is 6.30. The van der Waals surface area contributed by atoms with Gasteiger partial charge in [0.2, 0.25) is 0 Å². The van der Waals surface area contributed by atoms with Crippen LogP contribution in [0.2, 0.25) is 0 Å². The highest BCUT2D eigenvalue weighted by atomic mass is 32.1. The molecule has 3 nitrogen and oxygen atoms in total. The molecule has 0 spiro atoms. The molecule has 104 valence electrons. The van der Waals surface area contributed by atoms with Crippen molar-refractivity contribution < 1.29 is 4.79 Å². The van der Waals surface area contributed by atoms with Crippen molar-refractivity contribution in [1.29, 1.82) is 0 Å². The molecule has 2 heterocycles. The van der Waals surface area contributed by atoms with Crippen molar-refractivity contribution in [3.05, 3.63) is 51.2 Å². The monoisotopic (exact) mass is 286 g/mol. The molecule has 0 atom stereocenters. The first-order valence-electron chi connectivity index (χ1n) is 6.99. The van der Waals surface area contributed by atoms with E-state index in [1.807, 2.05) is 18.2 Å². The number of anilines is 1. The summed E-state index contributed by atoms with van der Waals surface area (Å²) in [7, 11) is 0. The van der Waals surface area contributed by atoms with Crippen LogP contribution in [-0.4, -0.2) is 12.5 Å². The van der Waals surface area contributed by atoms with Crippen molar-refractivity contribution in [3.63, 3.8) is 0 Å². The summed E-state index contributed by atoms with van der Waals surface area (Å²) in [4.78, 5) is 14.7.